The fourth-order valence-electron chi connectivity index (χ4n) is 2.77. The van der Waals surface area contributed by atoms with Gasteiger partial charge in [-0.2, -0.15) is 10.4 Å². The Kier molecular flexibility index (Phi) is 6.11. The van der Waals surface area contributed by atoms with E-state index in [-0.39, 0.29) is 18.3 Å². The zero-order chi connectivity index (χ0) is 21.1. The summed E-state index contributed by atoms with van der Waals surface area (Å²) in [5.74, 6) is 0.814. The third-order valence-corrected chi connectivity index (χ3v) is 4.94. The monoisotopic (exact) mass is 412 g/mol. The van der Waals surface area contributed by atoms with Crippen molar-refractivity contribution in [1.29, 1.82) is 5.26 Å². The van der Waals surface area contributed by atoms with Gasteiger partial charge in [-0.05, 0) is 57.5 Å². The van der Waals surface area contributed by atoms with E-state index in [1.54, 1.807) is 26.0 Å². The van der Waals surface area contributed by atoms with Crippen LogP contribution in [-0.4, -0.2) is 30.9 Å². The molecule has 0 spiro atoms. The van der Waals surface area contributed by atoms with Crippen molar-refractivity contribution in [2.45, 2.75) is 47.0 Å². The van der Waals surface area contributed by atoms with E-state index in [2.05, 4.69) is 15.3 Å². The average molecular weight is 413 g/mol. The Bertz CT molecular complexity index is 1110. The van der Waals surface area contributed by atoms with Crippen LogP contribution in [0.3, 0.4) is 0 Å². The van der Waals surface area contributed by atoms with Gasteiger partial charge in [0.05, 0.1) is 18.9 Å². The van der Waals surface area contributed by atoms with Gasteiger partial charge >= 0.3 is 0 Å². The first-order valence-electron chi connectivity index (χ1n) is 9.11. The fourth-order valence-corrected chi connectivity index (χ4v) is 2.89. The van der Waals surface area contributed by atoms with Crippen molar-refractivity contribution < 1.29 is 4.42 Å². The van der Waals surface area contributed by atoms with Crippen LogP contribution in [0.2, 0.25) is 5.02 Å². The van der Waals surface area contributed by atoms with Crippen LogP contribution < -0.4 is 5.56 Å². The molecule has 0 amide bonds. The van der Waals surface area contributed by atoms with Gasteiger partial charge in [-0.15, -0.1) is 10.2 Å². The summed E-state index contributed by atoms with van der Waals surface area (Å²) < 4.78 is 7.08. The summed E-state index contributed by atoms with van der Waals surface area (Å²) in [5.41, 5.74) is 1.73. The van der Waals surface area contributed by atoms with Crippen molar-refractivity contribution in [2.24, 2.45) is 0 Å². The predicted octanol–water partition coefficient (Wildman–Crippen LogP) is 3.30. The molecule has 29 heavy (non-hydrogen) atoms. The standard InChI is InChI=1S/C20H21ClN6O2/c1-12(2)26(11-27-20(28)17(9-22)13(3)14(4)25-27)10-18-23-24-19(29-18)15-5-7-16(21)8-6-15/h5-8,12H,10-11H2,1-4H3. The highest BCUT2D eigenvalue weighted by Crippen LogP contribution is 2.21. The van der Waals surface area contributed by atoms with Gasteiger partial charge in [0, 0.05) is 16.6 Å². The maximum atomic E-state index is 12.6. The second-order valence-corrected chi connectivity index (χ2v) is 7.43. The van der Waals surface area contributed by atoms with Gasteiger partial charge in [0.15, 0.2) is 0 Å². The van der Waals surface area contributed by atoms with Crippen molar-refractivity contribution in [2.75, 3.05) is 0 Å². The molecular formula is C20H21ClN6O2. The minimum atomic E-state index is -0.409. The Balaban J connectivity index is 1.84. The molecule has 150 valence electrons. The molecule has 0 saturated heterocycles. The van der Waals surface area contributed by atoms with Crippen LogP contribution in [-0.2, 0) is 13.2 Å². The normalized spacial score (nSPS) is 11.2. The summed E-state index contributed by atoms with van der Waals surface area (Å²) in [4.78, 5) is 14.6. The minimum absolute atomic E-state index is 0.0710. The molecule has 2 aromatic heterocycles. The SMILES string of the molecule is Cc1nn(CN(Cc2nnc(-c3ccc(Cl)cc3)o2)C(C)C)c(=O)c(C#N)c1C. The number of aromatic nitrogens is 4. The Labute approximate surface area is 173 Å². The van der Waals surface area contributed by atoms with Crippen LogP contribution in [0.4, 0.5) is 0 Å². The van der Waals surface area contributed by atoms with Crippen molar-refractivity contribution in [3.05, 3.63) is 62.4 Å². The zero-order valence-corrected chi connectivity index (χ0v) is 17.4. The molecule has 0 fully saturated rings. The number of hydrogen-bond acceptors (Lipinski definition) is 7. The van der Waals surface area contributed by atoms with Crippen LogP contribution >= 0.6 is 11.6 Å². The molecule has 0 aliphatic rings. The quantitative estimate of drug-likeness (QED) is 0.612. The number of rotatable bonds is 6. The van der Waals surface area contributed by atoms with Crippen molar-refractivity contribution in [1.82, 2.24) is 24.9 Å². The van der Waals surface area contributed by atoms with Gasteiger partial charge in [-0.1, -0.05) is 11.6 Å². The van der Waals surface area contributed by atoms with E-state index < -0.39 is 5.56 Å². The van der Waals surface area contributed by atoms with Crippen LogP contribution in [0.5, 0.6) is 0 Å². The lowest BCUT2D eigenvalue weighted by Crippen LogP contribution is -2.39. The molecule has 2 heterocycles. The van der Waals surface area contributed by atoms with Gasteiger partial charge in [0.2, 0.25) is 11.8 Å². The molecule has 3 aromatic rings. The summed E-state index contributed by atoms with van der Waals surface area (Å²) >= 11 is 5.91. The van der Waals surface area contributed by atoms with Gasteiger partial charge in [-0.25, -0.2) is 4.68 Å². The summed E-state index contributed by atoms with van der Waals surface area (Å²) in [6, 6.07) is 9.18. The Morgan fingerprint density at radius 2 is 1.93 bits per heavy atom. The van der Waals surface area contributed by atoms with Crippen molar-refractivity contribution in [3.8, 4) is 17.5 Å². The second-order valence-electron chi connectivity index (χ2n) is 6.99. The molecule has 8 nitrogen and oxygen atoms in total. The molecule has 0 N–H and O–H groups in total. The first-order valence-corrected chi connectivity index (χ1v) is 9.48. The highest BCUT2D eigenvalue weighted by Gasteiger charge is 2.19. The molecule has 0 bridgehead atoms. The smallest absolute Gasteiger partial charge is 0.286 e. The van der Waals surface area contributed by atoms with E-state index >= 15 is 0 Å². The fraction of sp³-hybridized carbons (Fsp3) is 0.350. The van der Waals surface area contributed by atoms with Crippen LogP contribution in [0.25, 0.3) is 11.5 Å². The lowest BCUT2D eigenvalue weighted by molar-refractivity contribution is 0.136. The number of hydrogen-bond donors (Lipinski definition) is 0. The first kappa shape index (κ1) is 20.7. The zero-order valence-electron chi connectivity index (χ0n) is 16.7. The van der Waals surface area contributed by atoms with Crippen LogP contribution in [0.1, 0.15) is 36.6 Å². The lowest BCUT2D eigenvalue weighted by atomic mass is 10.1. The van der Waals surface area contributed by atoms with E-state index in [1.165, 1.54) is 4.68 Å². The molecule has 9 heteroatoms. The topological polar surface area (TPSA) is 101 Å². The molecule has 0 unspecified atom stereocenters. The van der Waals surface area contributed by atoms with Crippen LogP contribution in [0.15, 0.2) is 33.5 Å². The van der Waals surface area contributed by atoms with Crippen LogP contribution in [0, 0.1) is 25.2 Å². The molecule has 0 radical (unpaired) electrons. The summed E-state index contributed by atoms with van der Waals surface area (Å²) in [5, 5.41) is 22.5. The predicted molar refractivity (Wildman–Crippen MR) is 108 cm³/mol. The largest absolute Gasteiger partial charge is 0.419 e. The van der Waals surface area contributed by atoms with Gasteiger partial charge in [0.25, 0.3) is 5.56 Å². The molecular weight excluding hydrogens is 392 g/mol. The molecule has 0 aliphatic carbocycles. The lowest BCUT2D eigenvalue weighted by Gasteiger charge is -2.25. The minimum Gasteiger partial charge on any atom is -0.419 e. The van der Waals surface area contributed by atoms with E-state index in [4.69, 9.17) is 16.0 Å². The summed E-state index contributed by atoms with van der Waals surface area (Å²) in [6.45, 7) is 8.03. The second kappa shape index (κ2) is 8.55. The maximum absolute atomic E-state index is 12.6. The Hall–Kier alpha value is -3.02. The van der Waals surface area contributed by atoms with E-state index in [9.17, 15) is 10.1 Å². The third-order valence-electron chi connectivity index (χ3n) is 4.69. The number of aryl methyl sites for hydroxylation is 1. The Morgan fingerprint density at radius 1 is 1.24 bits per heavy atom. The van der Waals surface area contributed by atoms with Gasteiger partial charge < -0.3 is 4.42 Å². The third kappa shape index (κ3) is 4.53. The summed E-state index contributed by atoms with van der Waals surface area (Å²) in [6.07, 6.45) is 0. The first-order chi connectivity index (χ1) is 13.8. The number of benzene rings is 1. The number of halogens is 1. The molecule has 0 atom stereocenters. The molecule has 0 saturated carbocycles. The molecule has 3 rings (SSSR count). The highest BCUT2D eigenvalue weighted by atomic mass is 35.5. The van der Waals surface area contributed by atoms with E-state index in [1.807, 2.05) is 36.9 Å². The summed E-state index contributed by atoms with van der Waals surface area (Å²) in [7, 11) is 0. The van der Waals surface area contributed by atoms with Crippen molar-refractivity contribution in [3.63, 3.8) is 0 Å². The van der Waals surface area contributed by atoms with Gasteiger partial charge in [-0.3, -0.25) is 9.69 Å². The maximum Gasteiger partial charge on any atom is 0.286 e. The number of nitriles is 1. The average Bonchev–Trinajstić information content (AvgIpc) is 3.15. The van der Waals surface area contributed by atoms with E-state index in [0.717, 1.165) is 5.56 Å². The van der Waals surface area contributed by atoms with Crippen molar-refractivity contribution >= 4 is 11.6 Å². The number of nitrogens with zero attached hydrogens (tertiary/aromatic N) is 6. The highest BCUT2D eigenvalue weighted by molar-refractivity contribution is 6.30. The van der Waals surface area contributed by atoms with Gasteiger partial charge in [0.1, 0.15) is 11.6 Å². The Morgan fingerprint density at radius 3 is 2.55 bits per heavy atom. The molecule has 0 aliphatic heterocycles. The van der Waals surface area contributed by atoms with E-state index in [0.29, 0.717) is 34.6 Å². The molecule has 1 aromatic carbocycles.